The van der Waals surface area contributed by atoms with E-state index in [1.807, 2.05) is 35.8 Å². The van der Waals surface area contributed by atoms with Crippen LogP contribution in [0.25, 0.3) is 11.0 Å². The zero-order valence-corrected chi connectivity index (χ0v) is 14.7. The molecule has 7 heteroatoms. The zero-order valence-electron chi connectivity index (χ0n) is 13.9. The number of fused-ring (bicyclic) bond motifs is 1. The molecule has 1 amide bonds. The highest BCUT2D eigenvalue weighted by atomic mass is 35.5. The van der Waals surface area contributed by atoms with Crippen LogP contribution < -0.4 is 11.1 Å². The van der Waals surface area contributed by atoms with Crippen LogP contribution in [0, 0.1) is 0 Å². The van der Waals surface area contributed by atoms with Crippen molar-refractivity contribution in [2.75, 3.05) is 5.73 Å². The molecule has 25 heavy (non-hydrogen) atoms. The van der Waals surface area contributed by atoms with Gasteiger partial charge >= 0.3 is 0 Å². The lowest BCUT2D eigenvalue weighted by Gasteiger charge is -2.19. The lowest BCUT2D eigenvalue weighted by Crippen LogP contribution is -2.26. The van der Waals surface area contributed by atoms with Gasteiger partial charge in [0.15, 0.2) is 0 Å². The molecule has 0 radical (unpaired) electrons. The SMILES string of the molecule is CC[C@@H](CC(=O)NCc1ccccn1)n1c(N)nc2cc(Cl)ccc21. The third kappa shape index (κ3) is 3.91. The van der Waals surface area contributed by atoms with E-state index >= 15 is 0 Å². The minimum atomic E-state index is -0.0742. The number of nitrogens with one attached hydrogen (secondary N) is 1. The van der Waals surface area contributed by atoms with Gasteiger partial charge in [-0.2, -0.15) is 0 Å². The van der Waals surface area contributed by atoms with Crippen molar-refractivity contribution in [3.63, 3.8) is 0 Å². The molecular formula is C18H20ClN5O. The van der Waals surface area contributed by atoms with E-state index in [0.29, 0.717) is 23.9 Å². The summed E-state index contributed by atoms with van der Waals surface area (Å²) in [5.41, 5.74) is 8.53. The predicted molar refractivity (Wildman–Crippen MR) is 99.2 cm³/mol. The summed E-state index contributed by atoms with van der Waals surface area (Å²) in [6.45, 7) is 2.43. The fraction of sp³-hybridized carbons (Fsp3) is 0.278. The van der Waals surface area contributed by atoms with Gasteiger partial charge in [0.05, 0.1) is 23.3 Å². The Morgan fingerprint density at radius 2 is 2.20 bits per heavy atom. The third-order valence-corrected chi connectivity index (χ3v) is 4.36. The fourth-order valence-corrected chi connectivity index (χ4v) is 3.04. The average molecular weight is 358 g/mol. The first-order valence-corrected chi connectivity index (χ1v) is 8.56. The van der Waals surface area contributed by atoms with Gasteiger partial charge in [0.1, 0.15) is 0 Å². The number of aromatic nitrogens is 3. The predicted octanol–water partition coefficient (Wildman–Crippen LogP) is 3.32. The van der Waals surface area contributed by atoms with Crippen LogP contribution in [0.15, 0.2) is 42.6 Å². The highest BCUT2D eigenvalue weighted by Crippen LogP contribution is 2.28. The molecule has 2 heterocycles. The molecule has 3 N–H and O–H groups in total. The first-order chi connectivity index (χ1) is 12.1. The molecule has 130 valence electrons. The number of rotatable bonds is 6. The van der Waals surface area contributed by atoms with Crippen molar-refractivity contribution in [3.05, 3.63) is 53.3 Å². The number of nitrogen functional groups attached to an aromatic ring is 1. The molecular weight excluding hydrogens is 338 g/mol. The summed E-state index contributed by atoms with van der Waals surface area (Å²) in [5.74, 6) is 0.342. The summed E-state index contributed by atoms with van der Waals surface area (Å²) in [4.78, 5) is 20.9. The molecule has 0 spiro atoms. The Hall–Kier alpha value is -2.60. The van der Waals surface area contributed by atoms with Gasteiger partial charge in [-0.15, -0.1) is 0 Å². The topological polar surface area (TPSA) is 85.8 Å². The second-order valence-electron chi connectivity index (χ2n) is 5.84. The van der Waals surface area contributed by atoms with Gasteiger partial charge in [-0.1, -0.05) is 24.6 Å². The first kappa shape index (κ1) is 17.2. The first-order valence-electron chi connectivity index (χ1n) is 8.18. The molecule has 0 fully saturated rings. The van der Waals surface area contributed by atoms with Crippen molar-refractivity contribution in [2.45, 2.75) is 32.4 Å². The number of carbonyl (C=O) groups is 1. The number of nitrogens with zero attached hydrogens (tertiary/aromatic N) is 3. The normalized spacial score (nSPS) is 12.2. The molecule has 3 rings (SSSR count). The molecule has 0 aliphatic heterocycles. The van der Waals surface area contributed by atoms with Crippen molar-refractivity contribution in [2.24, 2.45) is 0 Å². The molecule has 3 aromatic rings. The maximum absolute atomic E-state index is 12.3. The van der Waals surface area contributed by atoms with Crippen LogP contribution in [0.4, 0.5) is 5.95 Å². The van der Waals surface area contributed by atoms with Crippen LogP contribution in [-0.4, -0.2) is 20.4 Å². The highest BCUT2D eigenvalue weighted by Gasteiger charge is 2.19. The standard InChI is InChI=1S/C18H20ClN5O/c1-2-14(10-17(25)22-11-13-5-3-4-8-21-13)24-16-7-6-12(19)9-15(16)23-18(24)20/h3-9,14H,2,10-11H2,1H3,(H2,20,23)(H,22,25)/t14-/m0/s1. The molecule has 0 saturated heterocycles. The Kier molecular flexibility index (Phi) is 5.19. The number of hydrogen-bond donors (Lipinski definition) is 2. The van der Waals surface area contributed by atoms with E-state index in [1.165, 1.54) is 0 Å². The number of benzene rings is 1. The molecule has 1 aromatic carbocycles. The van der Waals surface area contributed by atoms with Crippen LogP contribution in [0.5, 0.6) is 0 Å². The second kappa shape index (κ2) is 7.53. The highest BCUT2D eigenvalue weighted by molar-refractivity contribution is 6.31. The second-order valence-corrected chi connectivity index (χ2v) is 6.27. The van der Waals surface area contributed by atoms with Gasteiger partial charge in [0.25, 0.3) is 0 Å². The van der Waals surface area contributed by atoms with Crippen molar-refractivity contribution in [3.8, 4) is 0 Å². The van der Waals surface area contributed by atoms with Crippen molar-refractivity contribution in [1.82, 2.24) is 19.9 Å². The van der Waals surface area contributed by atoms with Gasteiger partial charge < -0.3 is 15.6 Å². The smallest absolute Gasteiger partial charge is 0.222 e. The van der Waals surface area contributed by atoms with Gasteiger partial charge in [0, 0.05) is 23.7 Å². The summed E-state index contributed by atoms with van der Waals surface area (Å²) in [7, 11) is 0. The minimum absolute atomic E-state index is 0.0484. The largest absolute Gasteiger partial charge is 0.369 e. The zero-order chi connectivity index (χ0) is 17.8. The maximum atomic E-state index is 12.3. The molecule has 0 aliphatic rings. The number of hydrogen-bond acceptors (Lipinski definition) is 4. The molecule has 0 bridgehead atoms. The number of imidazole rings is 1. The van der Waals surface area contributed by atoms with Crippen LogP contribution in [-0.2, 0) is 11.3 Å². The summed E-state index contributed by atoms with van der Waals surface area (Å²) in [6.07, 6.45) is 2.79. The van der Waals surface area contributed by atoms with E-state index in [9.17, 15) is 4.79 Å². The van der Waals surface area contributed by atoms with Crippen molar-refractivity contribution in [1.29, 1.82) is 0 Å². The Balaban J connectivity index is 1.74. The lowest BCUT2D eigenvalue weighted by molar-refractivity contribution is -0.122. The molecule has 1 atom stereocenters. The summed E-state index contributed by atoms with van der Waals surface area (Å²) in [5, 5.41) is 3.51. The molecule has 6 nitrogen and oxygen atoms in total. The molecule has 0 aliphatic carbocycles. The minimum Gasteiger partial charge on any atom is -0.369 e. The number of pyridine rings is 1. The number of anilines is 1. The van der Waals surface area contributed by atoms with Crippen LogP contribution in [0.3, 0.4) is 0 Å². The Morgan fingerprint density at radius 3 is 2.92 bits per heavy atom. The van der Waals surface area contributed by atoms with E-state index in [2.05, 4.69) is 15.3 Å². The molecule has 0 saturated carbocycles. The third-order valence-electron chi connectivity index (χ3n) is 4.13. The summed E-state index contributed by atoms with van der Waals surface area (Å²) >= 11 is 6.02. The monoisotopic (exact) mass is 357 g/mol. The summed E-state index contributed by atoms with van der Waals surface area (Å²) < 4.78 is 1.91. The van der Waals surface area contributed by atoms with Gasteiger partial charge in [-0.25, -0.2) is 4.98 Å². The van der Waals surface area contributed by atoms with Crippen LogP contribution in [0.2, 0.25) is 5.02 Å². The van der Waals surface area contributed by atoms with Crippen molar-refractivity contribution >= 4 is 34.5 Å². The van der Waals surface area contributed by atoms with Crippen LogP contribution >= 0.6 is 11.6 Å². The average Bonchev–Trinajstić information content (AvgIpc) is 2.93. The lowest BCUT2D eigenvalue weighted by atomic mass is 10.1. The van der Waals surface area contributed by atoms with E-state index in [4.69, 9.17) is 17.3 Å². The maximum Gasteiger partial charge on any atom is 0.222 e. The Labute approximate surface area is 151 Å². The Morgan fingerprint density at radius 1 is 1.36 bits per heavy atom. The number of halogens is 1. The van der Waals surface area contributed by atoms with Gasteiger partial charge in [-0.3, -0.25) is 9.78 Å². The van der Waals surface area contributed by atoms with E-state index in [1.54, 1.807) is 18.3 Å². The number of carbonyl (C=O) groups excluding carboxylic acids is 1. The molecule has 2 aromatic heterocycles. The molecule has 0 unspecified atom stereocenters. The fourth-order valence-electron chi connectivity index (χ4n) is 2.87. The van der Waals surface area contributed by atoms with E-state index in [0.717, 1.165) is 23.1 Å². The van der Waals surface area contributed by atoms with Gasteiger partial charge in [-0.05, 0) is 36.8 Å². The Bertz CT molecular complexity index is 878. The van der Waals surface area contributed by atoms with Gasteiger partial charge in [0.2, 0.25) is 11.9 Å². The van der Waals surface area contributed by atoms with Crippen LogP contribution in [0.1, 0.15) is 31.5 Å². The van der Waals surface area contributed by atoms with Crippen molar-refractivity contribution < 1.29 is 4.79 Å². The summed E-state index contributed by atoms with van der Waals surface area (Å²) in [6, 6.07) is 11.0. The quantitative estimate of drug-likeness (QED) is 0.708. The number of amides is 1. The number of nitrogens with two attached hydrogens (primary N) is 1. The van der Waals surface area contributed by atoms with E-state index < -0.39 is 0 Å². The van der Waals surface area contributed by atoms with E-state index in [-0.39, 0.29) is 11.9 Å².